The van der Waals surface area contributed by atoms with E-state index < -0.39 is 15.5 Å². The molecule has 0 radical (unpaired) electrons. The number of sulfonamides is 1. The Hall–Kier alpha value is -4.19. The number of fused-ring (bicyclic) bond motifs is 1. The van der Waals surface area contributed by atoms with Gasteiger partial charge >= 0.3 is 15.5 Å². The minimum atomic E-state index is -5.38. The smallest absolute Gasteiger partial charge is 0.372 e. The van der Waals surface area contributed by atoms with Crippen LogP contribution < -0.4 is 19.2 Å². The molecule has 0 fully saturated rings. The second kappa shape index (κ2) is 19.7. The first-order chi connectivity index (χ1) is 28.3. The second-order valence-corrected chi connectivity index (χ2v) is 20.6. The number of nitrogens with one attached hydrogen (secondary N) is 2. The van der Waals surface area contributed by atoms with E-state index in [0.717, 1.165) is 52.9 Å². The molecule has 0 saturated heterocycles. The van der Waals surface area contributed by atoms with Gasteiger partial charge in [0.1, 0.15) is 0 Å². The SMILES string of the molecule is CCN(CC)c1ccc(C(c2ccc(N(CC)CCCSNS(=O)(=O)C(F)(F)F)cc2)c2ccc(Nc3ccc(C(CC(C)(C)C)C(C)(C)C)cc3)c3ccccc23)cc1. The number of benzene rings is 5. The molecule has 0 amide bonds. The average molecular weight is 861 g/mol. The van der Waals surface area contributed by atoms with Crippen LogP contribution in [-0.4, -0.2) is 45.9 Å². The third kappa shape index (κ3) is 11.8. The van der Waals surface area contributed by atoms with Crippen molar-refractivity contribution in [3.8, 4) is 0 Å². The highest BCUT2D eigenvalue weighted by molar-refractivity contribution is 8.09. The number of rotatable bonds is 18. The van der Waals surface area contributed by atoms with Crippen molar-refractivity contribution in [3.05, 3.63) is 131 Å². The summed E-state index contributed by atoms with van der Waals surface area (Å²) in [7, 11) is -5.38. The highest BCUT2D eigenvalue weighted by Crippen LogP contribution is 2.44. The quantitative estimate of drug-likeness (QED) is 0.0520. The molecule has 0 aromatic heterocycles. The van der Waals surface area contributed by atoms with Crippen molar-refractivity contribution in [1.29, 1.82) is 0 Å². The van der Waals surface area contributed by atoms with Crippen LogP contribution in [0.25, 0.3) is 10.8 Å². The molecule has 0 aliphatic rings. The van der Waals surface area contributed by atoms with Crippen molar-refractivity contribution < 1.29 is 21.6 Å². The number of hydrogen-bond acceptors (Lipinski definition) is 6. The van der Waals surface area contributed by atoms with E-state index in [0.29, 0.717) is 37.4 Å². The molecule has 2 unspecified atom stereocenters. The van der Waals surface area contributed by atoms with Crippen LogP contribution in [0.4, 0.5) is 35.9 Å². The predicted molar refractivity (Wildman–Crippen MR) is 250 cm³/mol. The lowest BCUT2D eigenvalue weighted by molar-refractivity contribution is -0.0440. The molecule has 6 nitrogen and oxygen atoms in total. The second-order valence-electron chi connectivity index (χ2n) is 17.8. The van der Waals surface area contributed by atoms with Crippen LogP contribution in [0.15, 0.2) is 109 Å². The molecule has 5 rings (SSSR count). The maximum atomic E-state index is 12.7. The van der Waals surface area contributed by atoms with Gasteiger partial charge in [0.15, 0.2) is 0 Å². The minimum Gasteiger partial charge on any atom is -0.372 e. The number of anilines is 4. The Labute approximate surface area is 361 Å². The zero-order valence-electron chi connectivity index (χ0n) is 36.7. The van der Waals surface area contributed by atoms with Crippen LogP contribution >= 0.6 is 11.9 Å². The van der Waals surface area contributed by atoms with Crippen molar-refractivity contribution in [3.63, 3.8) is 0 Å². The lowest BCUT2D eigenvalue weighted by atomic mass is 9.69. The molecule has 60 heavy (non-hydrogen) atoms. The summed E-state index contributed by atoms with van der Waals surface area (Å²) in [5.74, 6) is 0.565. The number of nitrogens with zero attached hydrogens (tertiary/aromatic N) is 2. The Balaban J connectivity index is 1.45. The van der Waals surface area contributed by atoms with E-state index in [1.165, 1.54) is 22.4 Å². The summed E-state index contributed by atoms with van der Waals surface area (Å²) in [6, 6.07) is 39.4. The summed E-state index contributed by atoms with van der Waals surface area (Å²) in [6.45, 7) is 23.4. The van der Waals surface area contributed by atoms with E-state index in [2.05, 4.69) is 180 Å². The van der Waals surface area contributed by atoms with Gasteiger partial charge in [-0.15, -0.1) is 0 Å². The maximum absolute atomic E-state index is 12.7. The minimum absolute atomic E-state index is 0.0756. The zero-order valence-corrected chi connectivity index (χ0v) is 38.3. The molecule has 2 atom stereocenters. The van der Waals surface area contributed by atoms with E-state index in [1.807, 2.05) is 6.92 Å². The lowest BCUT2D eigenvalue weighted by Crippen LogP contribution is -2.33. The first-order valence-corrected chi connectivity index (χ1v) is 23.5. The molecular weight excluding hydrogens is 798 g/mol. The van der Waals surface area contributed by atoms with Gasteiger partial charge in [0, 0.05) is 66.0 Å². The largest absolute Gasteiger partial charge is 0.512 e. The predicted octanol–water partition coefficient (Wildman–Crippen LogP) is 13.5. The fourth-order valence-corrected chi connectivity index (χ4v) is 9.64. The van der Waals surface area contributed by atoms with Gasteiger partial charge in [-0.05, 0) is 120 Å². The van der Waals surface area contributed by atoms with Crippen LogP contribution in [0.5, 0.6) is 0 Å². The third-order valence-corrected chi connectivity index (χ3v) is 13.7. The van der Waals surface area contributed by atoms with E-state index in [1.54, 1.807) is 4.13 Å². The van der Waals surface area contributed by atoms with Crippen LogP contribution in [-0.2, 0) is 10.0 Å². The van der Waals surface area contributed by atoms with Crippen LogP contribution in [0.1, 0.15) is 109 Å². The zero-order chi connectivity index (χ0) is 43.9. The summed E-state index contributed by atoms with van der Waals surface area (Å²) in [5, 5.41) is 6.04. The molecule has 5 aromatic rings. The van der Waals surface area contributed by atoms with Gasteiger partial charge in [0.25, 0.3) is 0 Å². The van der Waals surface area contributed by atoms with E-state index in [9.17, 15) is 21.6 Å². The summed E-state index contributed by atoms with van der Waals surface area (Å²) in [5.41, 5.74) is 4.14. The molecule has 0 heterocycles. The standard InChI is InChI=1S/C49H63F3N4O2S2/c1-10-55(11-2)39-26-20-36(21-27-39)46(37-22-28-40(29-23-37)56(12-3)32-15-33-59-54-60(57,58)49(50,51)52)43-30-31-45(42-17-14-13-16-41(42)43)53-38-24-18-35(19-25-38)44(48(7,8)9)34-47(4,5)6/h13-14,16-31,44,46,53-54H,10-12,15,32-34H2,1-9H3. The van der Waals surface area contributed by atoms with Gasteiger partial charge < -0.3 is 15.1 Å². The maximum Gasteiger partial charge on any atom is 0.512 e. The van der Waals surface area contributed by atoms with Gasteiger partial charge in [0.05, 0.1) is 0 Å². The van der Waals surface area contributed by atoms with Gasteiger partial charge in [-0.2, -0.15) is 17.3 Å². The van der Waals surface area contributed by atoms with Gasteiger partial charge in [-0.3, -0.25) is 0 Å². The van der Waals surface area contributed by atoms with Gasteiger partial charge in [0.2, 0.25) is 0 Å². The fourth-order valence-electron chi connectivity index (χ4n) is 8.03. The van der Waals surface area contributed by atoms with Crippen LogP contribution in [0.2, 0.25) is 0 Å². The van der Waals surface area contributed by atoms with Gasteiger partial charge in [-0.1, -0.05) is 120 Å². The molecule has 2 N–H and O–H groups in total. The summed E-state index contributed by atoms with van der Waals surface area (Å²) < 4.78 is 62.5. The highest BCUT2D eigenvalue weighted by Gasteiger charge is 2.45. The highest BCUT2D eigenvalue weighted by atomic mass is 32.3. The number of hydrogen-bond donors (Lipinski definition) is 2. The molecule has 11 heteroatoms. The van der Waals surface area contributed by atoms with Crippen LogP contribution in [0, 0.1) is 10.8 Å². The Morgan fingerprint density at radius 1 is 0.650 bits per heavy atom. The Morgan fingerprint density at radius 2 is 1.17 bits per heavy atom. The molecule has 0 aliphatic carbocycles. The third-order valence-electron chi connectivity index (χ3n) is 11.2. The molecule has 0 spiro atoms. The monoisotopic (exact) mass is 860 g/mol. The summed E-state index contributed by atoms with van der Waals surface area (Å²) >= 11 is 0.555. The Bertz CT molecular complexity index is 2250. The molecule has 0 aliphatic heterocycles. The normalized spacial score (nSPS) is 13.6. The molecule has 0 bridgehead atoms. The van der Waals surface area contributed by atoms with Crippen molar-refractivity contribution in [2.75, 3.05) is 47.0 Å². The summed E-state index contributed by atoms with van der Waals surface area (Å²) in [6.07, 6.45) is 1.60. The van der Waals surface area contributed by atoms with Crippen molar-refractivity contribution in [2.24, 2.45) is 10.8 Å². The number of alkyl halides is 3. The number of halogens is 3. The molecule has 5 aromatic carbocycles. The molecular formula is C49H63F3N4O2S2. The van der Waals surface area contributed by atoms with Crippen molar-refractivity contribution in [2.45, 2.75) is 92.5 Å². The molecule has 0 saturated carbocycles. The van der Waals surface area contributed by atoms with E-state index in [-0.39, 0.29) is 22.5 Å². The fraction of sp³-hybridized carbons (Fsp3) is 0.429. The average Bonchev–Trinajstić information content (AvgIpc) is 3.20. The van der Waals surface area contributed by atoms with Crippen molar-refractivity contribution in [1.82, 2.24) is 4.13 Å². The first kappa shape index (κ1) is 46.9. The first-order valence-electron chi connectivity index (χ1n) is 21.0. The van der Waals surface area contributed by atoms with Crippen molar-refractivity contribution >= 4 is 55.5 Å². The topological polar surface area (TPSA) is 64.7 Å². The summed E-state index contributed by atoms with van der Waals surface area (Å²) in [4.78, 5) is 4.49. The Kier molecular flexibility index (Phi) is 15.4. The van der Waals surface area contributed by atoms with E-state index in [4.69, 9.17) is 0 Å². The van der Waals surface area contributed by atoms with Crippen LogP contribution in [0.3, 0.4) is 0 Å². The van der Waals surface area contributed by atoms with E-state index >= 15 is 0 Å². The molecule has 324 valence electrons. The Morgan fingerprint density at radius 3 is 1.67 bits per heavy atom. The lowest BCUT2D eigenvalue weighted by Gasteiger charge is -2.36. The van der Waals surface area contributed by atoms with Gasteiger partial charge in [-0.25, -0.2) is 8.42 Å².